The lowest BCUT2D eigenvalue weighted by atomic mass is 9.94. The van der Waals surface area contributed by atoms with E-state index in [0.29, 0.717) is 12.3 Å². The van der Waals surface area contributed by atoms with E-state index in [2.05, 4.69) is 9.97 Å². The van der Waals surface area contributed by atoms with Gasteiger partial charge < -0.3 is 15.1 Å². The van der Waals surface area contributed by atoms with Crippen molar-refractivity contribution in [3.8, 4) is 0 Å². The molecule has 2 fully saturated rings. The maximum Gasteiger partial charge on any atom is 0.311 e. The third-order valence-corrected chi connectivity index (χ3v) is 6.14. The lowest BCUT2D eigenvalue weighted by Gasteiger charge is -2.28. The molecular weight excluding hydrogens is 343 g/mol. The number of aromatic amines is 1. The summed E-state index contributed by atoms with van der Waals surface area (Å²) in [6.07, 6.45) is 5.08. The van der Waals surface area contributed by atoms with Crippen LogP contribution in [-0.2, 0) is 9.39 Å². The predicted octanol–water partition coefficient (Wildman–Crippen LogP) is 1.06. The Kier molecular flexibility index (Phi) is 4.42. The molecule has 3 atom stereocenters. The van der Waals surface area contributed by atoms with E-state index >= 15 is 0 Å². The van der Waals surface area contributed by atoms with Crippen LogP contribution in [0.15, 0.2) is 9.59 Å². The molecule has 3 heterocycles. The summed E-state index contributed by atoms with van der Waals surface area (Å²) in [6, 6.07) is 0. The first kappa shape index (κ1) is 16.8. The Bertz CT molecular complexity index is 888. The monoisotopic (exact) mass is 362 g/mol. The van der Waals surface area contributed by atoms with Crippen molar-refractivity contribution < 1.29 is 9.39 Å². The lowest BCUT2D eigenvalue weighted by molar-refractivity contribution is -0.0647. The summed E-state index contributed by atoms with van der Waals surface area (Å²) < 4.78 is 13.0. The highest BCUT2D eigenvalue weighted by molar-refractivity contribution is 7.16. The van der Waals surface area contributed by atoms with Crippen LogP contribution in [0.3, 0.4) is 0 Å². The SMILES string of the molecule is [B]OC(C1CCCC1)C1CCC(n2c(=O)sc3c(=O)[nH]c(N)nc32)O1. The summed E-state index contributed by atoms with van der Waals surface area (Å²) in [6.45, 7) is 0. The number of nitrogens with zero attached hydrogens (tertiary/aromatic N) is 2. The van der Waals surface area contributed by atoms with E-state index in [0.717, 1.165) is 30.6 Å². The summed E-state index contributed by atoms with van der Waals surface area (Å²) in [5.41, 5.74) is 5.49. The van der Waals surface area contributed by atoms with Crippen LogP contribution in [0.25, 0.3) is 10.3 Å². The van der Waals surface area contributed by atoms with Gasteiger partial charge in [-0.2, -0.15) is 4.98 Å². The number of nitrogens with one attached hydrogen (secondary N) is 1. The van der Waals surface area contributed by atoms with Gasteiger partial charge in [0.1, 0.15) is 10.9 Å². The largest absolute Gasteiger partial charge is 0.442 e. The van der Waals surface area contributed by atoms with Crippen molar-refractivity contribution in [3.05, 3.63) is 20.0 Å². The van der Waals surface area contributed by atoms with Crippen molar-refractivity contribution in [2.75, 3.05) is 5.73 Å². The number of nitrogens with two attached hydrogens (primary N) is 1. The van der Waals surface area contributed by atoms with Gasteiger partial charge in [0.25, 0.3) is 13.6 Å². The van der Waals surface area contributed by atoms with Crippen LogP contribution in [0, 0.1) is 5.92 Å². The van der Waals surface area contributed by atoms with E-state index < -0.39 is 11.8 Å². The van der Waals surface area contributed by atoms with Gasteiger partial charge in [-0.05, 0) is 31.6 Å². The number of aromatic nitrogens is 3. The van der Waals surface area contributed by atoms with Gasteiger partial charge in [0.05, 0.1) is 12.2 Å². The van der Waals surface area contributed by atoms with Crippen LogP contribution < -0.4 is 16.2 Å². The number of anilines is 1. The minimum absolute atomic E-state index is 0.0206. The Morgan fingerprint density at radius 2 is 2.08 bits per heavy atom. The van der Waals surface area contributed by atoms with Crippen LogP contribution in [0.5, 0.6) is 0 Å². The van der Waals surface area contributed by atoms with E-state index in [1.54, 1.807) is 0 Å². The molecule has 1 aliphatic carbocycles. The highest BCUT2D eigenvalue weighted by atomic mass is 32.1. The quantitative estimate of drug-likeness (QED) is 0.787. The molecule has 2 radical (unpaired) electrons. The van der Waals surface area contributed by atoms with Crippen LogP contribution in [0.4, 0.5) is 5.95 Å². The fraction of sp³-hybridized carbons (Fsp3) is 0.667. The molecule has 10 heteroatoms. The molecule has 2 aromatic heterocycles. The third-order valence-electron chi connectivity index (χ3n) is 5.20. The molecule has 0 bridgehead atoms. The summed E-state index contributed by atoms with van der Waals surface area (Å²) in [5, 5.41) is 0. The average Bonchev–Trinajstić information content (AvgIpc) is 3.29. The van der Waals surface area contributed by atoms with Crippen molar-refractivity contribution in [3.63, 3.8) is 0 Å². The Labute approximate surface area is 148 Å². The Balaban J connectivity index is 1.63. The number of nitrogen functional groups attached to an aromatic ring is 1. The summed E-state index contributed by atoms with van der Waals surface area (Å²) in [5.74, 6) is 0.369. The Hall–Kier alpha value is -1.65. The molecule has 1 saturated carbocycles. The number of ether oxygens (including phenoxy) is 1. The van der Waals surface area contributed by atoms with Gasteiger partial charge in [-0.15, -0.1) is 0 Å². The highest BCUT2D eigenvalue weighted by Crippen LogP contribution is 2.38. The van der Waals surface area contributed by atoms with E-state index in [1.165, 1.54) is 17.4 Å². The normalized spacial score (nSPS) is 25.8. The number of thiazole rings is 1. The number of fused-ring (bicyclic) bond motifs is 1. The minimum atomic E-state index is -0.487. The van der Waals surface area contributed by atoms with Gasteiger partial charge >= 0.3 is 4.87 Å². The average molecular weight is 362 g/mol. The third kappa shape index (κ3) is 2.92. The van der Waals surface area contributed by atoms with Gasteiger partial charge in [-0.1, -0.05) is 24.2 Å². The Morgan fingerprint density at radius 3 is 2.80 bits per heavy atom. The van der Waals surface area contributed by atoms with E-state index in [-0.39, 0.29) is 33.4 Å². The van der Waals surface area contributed by atoms with Gasteiger partial charge in [0.15, 0.2) is 5.65 Å². The number of H-pyrrole nitrogens is 1. The molecule has 25 heavy (non-hydrogen) atoms. The van der Waals surface area contributed by atoms with E-state index in [1.807, 2.05) is 0 Å². The molecule has 2 aliphatic rings. The maximum atomic E-state index is 12.4. The molecule has 1 aliphatic heterocycles. The van der Waals surface area contributed by atoms with Gasteiger partial charge in [0.2, 0.25) is 5.95 Å². The summed E-state index contributed by atoms with van der Waals surface area (Å²) in [7, 11) is 5.54. The molecule has 0 aromatic carbocycles. The fourth-order valence-electron chi connectivity index (χ4n) is 4.06. The first-order valence-electron chi connectivity index (χ1n) is 8.50. The smallest absolute Gasteiger partial charge is 0.311 e. The number of rotatable bonds is 4. The van der Waals surface area contributed by atoms with Crippen LogP contribution in [0.2, 0.25) is 0 Å². The zero-order chi connectivity index (χ0) is 17.6. The molecule has 3 N–H and O–H groups in total. The molecule has 1 saturated heterocycles. The molecule has 132 valence electrons. The molecule has 4 rings (SSSR count). The second-order valence-electron chi connectivity index (χ2n) is 6.69. The van der Waals surface area contributed by atoms with E-state index in [4.69, 9.17) is 23.2 Å². The Morgan fingerprint density at radius 1 is 1.32 bits per heavy atom. The number of hydrogen-bond acceptors (Lipinski definition) is 7. The summed E-state index contributed by atoms with van der Waals surface area (Å²) >= 11 is 0.851. The second-order valence-corrected chi connectivity index (χ2v) is 7.66. The second kappa shape index (κ2) is 6.58. The molecule has 2 aromatic rings. The molecular formula is C15H19BN4O4S. The zero-order valence-electron chi connectivity index (χ0n) is 13.6. The maximum absolute atomic E-state index is 12.4. The first-order chi connectivity index (χ1) is 12.1. The lowest BCUT2D eigenvalue weighted by Crippen LogP contribution is -2.35. The molecule has 8 nitrogen and oxygen atoms in total. The van der Waals surface area contributed by atoms with Crippen LogP contribution >= 0.6 is 11.3 Å². The molecule has 0 amide bonds. The van der Waals surface area contributed by atoms with Gasteiger partial charge in [0, 0.05) is 0 Å². The van der Waals surface area contributed by atoms with Crippen molar-refractivity contribution in [2.24, 2.45) is 5.92 Å². The fourth-order valence-corrected chi connectivity index (χ4v) is 4.92. The van der Waals surface area contributed by atoms with E-state index in [9.17, 15) is 9.59 Å². The topological polar surface area (TPSA) is 112 Å². The molecule has 0 spiro atoms. The van der Waals surface area contributed by atoms with Crippen LogP contribution in [-0.4, -0.2) is 34.8 Å². The summed E-state index contributed by atoms with van der Waals surface area (Å²) in [4.78, 5) is 30.6. The predicted molar refractivity (Wildman–Crippen MR) is 94.6 cm³/mol. The standard InChI is InChI=1S/C15H19BN4O4S/c16-24-10(7-3-1-2-4-7)8-5-6-9(23-8)20-12-11(25-15(20)22)13(21)19-14(17)18-12/h7-10H,1-6H2,(H3,17,18,19,21). The first-order valence-corrected chi connectivity index (χ1v) is 9.32. The highest BCUT2D eigenvalue weighted by Gasteiger charge is 2.38. The van der Waals surface area contributed by atoms with Crippen LogP contribution in [0.1, 0.15) is 44.8 Å². The molecule has 3 unspecified atom stereocenters. The minimum Gasteiger partial charge on any atom is -0.442 e. The van der Waals surface area contributed by atoms with Crippen molar-refractivity contribution in [1.29, 1.82) is 0 Å². The number of hydrogen-bond donors (Lipinski definition) is 2. The van der Waals surface area contributed by atoms with Crippen molar-refractivity contribution in [1.82, 2.24) is 14.5 Å². The van der Waals surface area contributed by atoms with Gasteiger partial charge in [-0.25, -0.2) is 0 Å². The van der Waals surface area contributed by atoms with Crippen molar-refractivity contribution >= 4 is 35.7 Å². The van der Waals surface area contributed by atoms with Crippen molar-refractivity contribution in [2.45, 2.75) is 57.0 Å². The zero-order valence-corrected chi connectivity index (χ0v) is 14.5. The van der Waals surface area contributed by atoms with Gasteiger partial charge in [-0.3, -0.25) is 19.1 Å².